The number of aryl methyl sites for hydroxylation is 1. The summed E-state index contributed by atoms with van der Waals surface area (Å²) < 4.78 is 0.824. The zero-order valence-corrected chi connectivity index (χ0v) is 13.5. The van der Waals surface area contributed by atoms with Crippen LogP contribution in [0.2, 0.25) is 4.34 Å². The summed E-state index contributed by atoms with van der Waals surface area (Å²) in [6.07, 6.45) is 0. The monoisotopic (exact) mass is 308 g/mol. The van der Waals surface area contributed by atoms with Crippen molar-refractivity contribution in [3.8, 4) is 0 Å². The molecule has 1 aromatic heterocycles. The standard InChI is InChI=1S/C16H21ClN2S/c1-3-19(11-13-7-5-4-6-12(13)2)14(10-18)15-8-9-16(17)20-15/h4-9,14H,3,10-11,18H2,1-2H3. The maximum atomic E-state index is 6.05. The Morgan fingerprint density at radius 3 is 2.55 bits per heavy atom. The third-order valence-corrected chi connectivity index (χ3v) is 4.96. The van der Waals surface area contributed by atoms with E-state index in [1.54, 1.807) is 11.3 Å². The highest BCUT2D eigenvalue weighted by molar-refractivity contribution is 7.16. The predicted molar refractivity (Wildman–Crippen MR) is 88.4 cm³/mol. The van der Waals surface area contributed by atoms with Crippen molar-refractivity contribution in [3.63, 3.8) is 0 Å². The molecule has 0 saturated heterocycles. The van der Waals surface area contributed by atoms with Gasteiger partial charge in [-0.25, -0.2) is 0 Å². The summed E-state index contributed by atoms with van der Waals surface area (Å²) in [6, 6.07) is 12.8. The van der Waals surface area contributed by atoms with Gasteiger partial charge in [0.05, 0.1) is 10.4 Å². The molecule has 0 bridgehead atoms. The summed E-state index contributed by atoms with van der Waals surface area (Å²) >= 11 is 7.68. The van der Waals surface area contributed by atoms with Crippen molar-refractivity contribution < 1.29 is 0 Å². The molecule has 0 spiro atoms. The molecule has 1 unspecified atom stereocenters. The lowest BCUT2D eigenvalue weighted by molar-refractivity contribution is 0.206. The molecule has 1 heterocycles. The van der Waals surface area contributed by atoms with Crippen LogP contribution in [0, 0.1) is 6.92 Å². The summed E-state index contributed by atoms with van der Waals surface area (Å²) in [5.74, 6) is 0. The van der Waals surface area contributed by atoms with Crippen molar-refractivity contribution >= 4 is 22.9 Å². The van der Waals surface area contributed by atoms with Crippen molar-refractivity contribution in [1.29, 1.82) is 0 Å². The molecule has 1 aromatic carbocycles. The zero-order chi connectivity index (χ0) is 14.5. The Hall–Kier alpha value is -0.870. The van der Waals surface area contributed by atoms with Crippen LogP contribution in [-0.4, -0.2) is 18.0 Å². The van der Waals surface area contributed by atoms with Crippen molar-refractivity contribution in [2.24, 2.45) is 5.73 Å². The normalized spacial score (nSPS) is 12.8. The second-order valence-corrected chi connectivity index (χ2v) is 6.63. The fraction of sp³-hybridized carbons (Fsp3) is 0.375. The third kappa shape index (κ3) is 3.61. The number of nitrogens with zero attached hydrogens (tertiary/aromatic N) is 1. The number of benzene rings is 1. The number of hydrogen-bond acceptors (Lipinski definition) is 3. The molecular formula is C16H21ClN2S. The molecular weight excluding hydrogens is 288 g/mol. The van der Waals surface area contributed by atoms with E-state index in [0.717, 1.165) is 17.4 Å². The second-order valence-electron chi connectivity index (χ2n) is 4.88. The van der Waals surface area contributed by atoms with Crippen LogP contribution in [-0.2, 0) is 6.54 Å². The first-order valence-electron chi connectivity index (χ1n) is 6.89. The van der Waals surface area contributed by atoms with Crippen LogP contribution in [0.15, 0.2) is 36.4 Å². The summed E-state index contributed by atoms with van der Waals surface area (Å²) in [4.78, 5) is 3.65. The molecule has 2 N–H and O–H groups in total. The van der Waals surface area contributed by atoms with E-state index >= 15 is 0 Å². The Labute approximate surface area is 130 Å². The van der Waals surface area contributed by atoms with Gasteiger partial charge in [0, 0.05) is 18.0 Å². The van der Waals surface area contributed by atoms with Crippen molar-refractivity contribution in [2.75, 3.05) is 13.1 Å². The Morgan fingerprint density at radius 2 is 2.00 bits per heavy atom. The molecule has 2 nitrogen and oxygen atoms in total. The highest BCUT2D eigenvalue weighted by Crippen LogP contribution is 2.31. The van der Waals surface area contributed by atoms with Gasteiger partial charge in [-0.3, -0.25) is 4.90 Å². The number of hydrogen-bond donors (Lipinski definition) is 1. The Morgan fingerprint density at radius 1 is 1.25 bits per heavy atom. The number of thiophene rings is 1. The lowest BCUT2D eigenvalue weighted by atomic mass is 10.1. The van der Waals surface area contributed by atoms with Crippen molar-refractivity contribution in [2.45, 2.75) is 26.4 Å². The molecule has 20 heavy (non-hydrogen) atoms. The molecule has 2 rings (SSSR count). The SMILES string of the molecule is CCN(Cc1ccccc1C)C(CN)c1ccc(Cl)s1. The van der Waals surface area contributed by atoms with Gasteiger partial charge >= 0.3 is 0 Å². The van der Waals surface area contributed by atoms with E-state index in [9.17, 15) is 0 Å². The lowest BCUT2D eigenvalue weighted by Crippen LogP contribution is -2.33. The fourth-order valence-corrected chi connectivity index (χ4v) is 3.61. The molecule has 0 amide bonds. The molecule has 0 aliphatic rings. The molecule has 0 radical (unpaired) electrons. The Balaban J connectivity index is 2.20. The van der Waals surface area contributed by atoms with Crippen LogP contribution in [0.5, 0.6) is 0 Å². The van der Waals surface area contributed by atoms with E-state index < -0.39 is 0 Å². The van der Waals surface area contributed by atoms with E-state index in [1.165, 1.54) is 16.0 Å². The van der Waals surface area contributed by atoms with Gasteiger partial charge < -0.3 is 5.73 Å². The van der Waals surface area contributed by atoms with Crippen molar-refractivity contribution in [1.82, 2.24) is 4.90 Å². The molecule has 0 aliphatic heterocycles. The average Bonchev–Trinajstić information content (AvgIpc) is 2.87. The smallest absolute Gasteiger partial charge is 0.0931 e. The number of rotatable bonds is 6. The minimum atomic E-state index is 0.233. The topological polar surface area (TPSA) is 29.3 Å². The van der Waals surface area contributed by atoms with Crippen LogP contribution in [0.25, 0.3) is 0 Å². The minimum absolute atomic E-state index is 0.233. The minimum Gasteiger partial charge on any atom is -0.329 e. The molecule has 4 heteroatoms. The average molecular weight is 309 g/mol. The quantitative estimate of drug-likeness (QED) is 0.865. The van der Waals surface area contributed by atoms with Gasteiger partial charge in [-0.1, -0.05) is 42.8 Å². The number of likely N-dealkylation sites (N-methyl/N-ethyl adjacent to an activating group) is 1. The van der Waals surface area contributed by atoms with Gasteiger partial charge in [0.1, 0.15) is 0 Å². The molecule has 0 saturated carbocycles. The van der Waals surface area contributed by atoms with E-state index in [4.69, 9.17) is 17.3 Å². The second kappa shape index (κ2) is 7.23. The van der Waals surface area contributed by atoms with E-state index in [2.05, 4.69) is 49.1 Å². The summed E-state index contributed by atoms with van der Waals surface area (Å²) in [5, 5.41) is 0. The van der Waals surface area contributed by atoms with Gasteiger partial charge in [-0.05, 0) is 36.7 Å². The molecule has 0 aliphatic carbocycles. The predicted octanol–water partition coefficient (Wildman–Crippen LogP) is 4.23. The summed E-state index contributed by atoms with van der Waals surface area (Å²) in [7, 11) is 0. The van der Waals surface area contributed by atoms with Crippen LogP contribution in [0.1, 0.15) is 29.0 Å². The van der Waals surface area contributed by atoms with Gasteiger partial charge in [0.25, 0.3) is 0 Å². The van der Waals surface area contributed by atoms with E-state index in [1.807, 2.05) is 6.07 Å². The largest absolute Gasteiger partial charge is 0.329 e. The van der Waals surface area contributed by atoms with Crippen LogP contribution in [0.4, 0.5) is 0 Å². The molecule has 108 valence electrons. The Kier molecular flexibility index (Phi) is 5.61. The summed E-state index contributed by atoms with van der Waals surface area (Å²) in [5.41, 5.74) is 8.69. The first-order valence-corrected chi connectivity index (χ1v) is 8.09. The van der Waals surface area contributed by atoms with E-state index in [-0.39, 0.29) is 6.04 Å². The maximum Gasteiger partial charge on any atom is 0.0931 e. The van der Waals surface area contributed by atoms with Gasteiger partial charge in [0.2, 0.25) is 0 Å². The zero-order valence-electron chi connectivity index (χ0n) is 12.0. The maximum absolute atomic E-state index is 6.05. The molecule has 2 aromatic rings. The van der Waals surface area contributed by atoms with Gasteiger partial charge in [0.15, 0.2) is 0 Å². The molecule has 0 fully saturated rings. The first kappa shape index (κ1) is 15.5. The number of nitrogens with two attached hydrogens (primary N) is 1. The highest BCUT2D eigenvalue weighted by Gasteiger charge is 2.20. The number of halogens is 1. The molecule has 1 atom stereocenters. The van der Waals surface area contributed by atoms with Crippen molar-refractivity contribution in [3.05, 3.63) is 56.7 Å². The fourth-order valence-electron chi connectivity index (χ4n) is 2.40. The highest BCUT2D eigenvalue weighted by atomic mass is 35.5. The van der Waals surface area contributed by atoms with E-state index in [0.29, 0.717) is 6.54 Å². The first-order chi connectivity index (χ1) is 9.65. The lowest BCUT2D eigenvalue weighted by Gasteiger charge is -2.29. The Bertz CT molecular complexity index is 553. The summed E-state index contributed by atoms with van der Waals surface area (Å²) in [6.45, 7) is 6.82. The van der Waals surface area contributed by atoms with Crippen LogP contribution < -0.4 is 5.73 Å². The van der Waals surface area contributed by atoms with Gasteiger partial charge in [-0.2, -0.15) is 0 Å². The van der Waals surface area contributed by atoms with Crippen LogP contribution in [0.3, 0.4) is 0 Å². The third-order valence-electron chi connectivity index (χ3n) is 3.63. The van der Waals surface area contributed by atoms with Crippen LogP contribution >= 0.6 is 22.9 Å². The van der Waals surface area contributed by atoms with Gasteiger partial charge in [-0.15, -0.1) is 11.3 Å².